The van der Waals surface area contributed by atoms with Crippen LogP contribution in [0.1, 0.15) is 18.4 Å². The smallest absolute Gasteiger partial charge is 0.273 e. The highest BCUT2D eigenvalue weighted by Gasteiger charge is 2.39. The third kappa shape index (κ3) is 3.64. The molecule has 25 heavy (non-hydrogen) atoms. The van der Waals surface area contributed by atoms with Crippen molar-refractivity contribution < 1.29 is 18.1 Å². The average molecular weight is 362 g/mol. The van der Waals surface area contributed by atoms with Gasteiger partial charge in [-0.15, -0.1) is 0 Å². The molecule has 1 saturated carbocycles. The van der Waals surface area contributed by atoms with Gasteiger partial charge in [0.2, 0.25) is 10.0 Å². The lowest BCUT2D eigenvalue weighted by Gasteiger charge is -2.23. The molecular weight excluding hydrogens is 344 g/mol. The molecule has 2 aromatic carbocycles. The second-order valence-corrected chi connectivity index (χ2v) is 7.72. The van der Waals surface area contributed by atoms with Crippen molar-refractivity contribution in [2.24, 2.45) is 0 Å². The van der Waals surface area contributed by atoms with Gasteiger partial charge in [-0.2, -0.15) is 4.31 Å². The van der Waals surface area contributed by atoms with E-state index in [0.29, 0.717) is 0 Å². The molecule has 0 spiro atoms. The van der Waals surface area contributed by atoms with E-state index in [0.717, 1.165) is 24.5 Å². The molecule has 0 N–H and O–H groups in total. The van der Waals surface area contributed by atoms with Crippen molar-refractivity contribution in [1.82, 2.24) is 4.31 Å². The van der Waals surface area contributed by atoms with Crippen LogP contribution >= 0.6 is 0 Å². The van der Waals surface area contributed by atoms with Gasteiger partial charge in [-0.05, 0) is 24.5 Å². The summed E-state index contributed by atoms with van der Waals surface area (Å²) in [5.41, 5.74) is 0.677. The Bertz CT molecular complexity index is 879. The highest BCUT2D eigenvalue weighted by Crippen LogP contribution is 2.37. The van der Waals surface area contributed by atoms with Crippen LogP contribution in [0.15, 0.2) is 53.4 Å². The molecule has 8 heteroatoms. The van der Waals surface area contributed by atoms with Crippen molar-refractivity contribution in [3.05, 3.63) is 64.2 Å². The highest BCUT2D eigenvalue weighted by molar-refractivity contribution is 7.89. The predicted molar refractivity (Wildman–Crippen MR) is 91.8 cm³/mol. The van der Waals surface area contributed by atoms with Crippen molar-refractivity contribution in [2.75, 3.05) is 7.11 Å². The van der Waals surface area contributed by atoms with E-state index < -0.39 is 14.9 Å². The minimum absolute atomic E-state index is 0.0205. The molecule has 0 aliphatic heterocycles. The summed E-state index contributed by atoms with van der Waals surface area (Å²) < 4.78 is 32.9. The van der Waals surface area contributed by atoms with Crippen LogP contribution in [0.3, 0.4) is 0 Å². The van der Waals surface area contributed by atoms with Gasteiger partial charge in [0.05, 0.1) is 18.1 Å². The molecule has 1 fully saturated rings. The fraction of sp³-hybridized carbons (Fsp3) is 0.294. The first-order valence-corrected chi connectivity index (χ1v) is 9.25. The fourth-order valence-electron chi connectivity index (χ4n) is 2.65. The third-order valence-electron chi connectivity index (χ3n) is 4.08. The van der Waals surface area contributed by atoms with E-state index in [1.165, 1.54) is 23.5 Å². The van der Waals surface area contributed by atoms with E-state index in [1.807, 2.05) is 30.3 Å². The van der Waals surface area contributed by atoms with Gasteiger partial charge in [0.25, 0.3) is 5.69 Å². The Kier molecular flexibility index (Phi) is 4.73. The first-order chi connectivity index (χ1) is 11.9. The van der Waals surface area contributed by atoms with Crippen LogP contribution in [-0.2, 0) is 16.6 Å². The lowest BCUT2D eigenvalue weighted by molar-refractivity contribution is -0.385. The van der Waals surface area contributed by atoms with E-state index in [9.17, 15) is 18.5 Å². The number of non-ortho nitro benzene ring substituents is 1. The third-order valence-corrected chi connectivity index (χ3v) is 6.02. The number of ether oxygens (including phenoxy) is 1. The first kappa shape index (κ1) is 17.4. The predicted octanol–water partition coefficient (Wildman–Crippen LogP) is 2.96. The van der Waals surface area contributed by atoms with Crippen molar-refractivity contribution in [1.29, 1.82) is 0 Å². The summed E-state index contributed by atoms with van der Waals surface area (Å²) in [5.74, 6) is -0.0205. The fourth-order valence-corrected chi connectivity index (χ4v) is 4.46. The largest absolute Gasteiger partial charge is 0.495 e. The standard InChI is InChI=1S/C17H18N2O5S/c1-24-16-11-15(19(20)21)9-10-17(16)25(22,23)18(14-7-8-14)12-13-5-3-2-4-6-13/h2-6,9-11,14H,7-8,12H2,1H3. The van der Waals surface area contributed by atoms with Gasteiger partial charge in [-0.3, -0.25) is 10.1 Å². The monoisotopic (exact) mass is 362 g/mol. The van der Waals surface area contributed by atoms with Crippen LogP contribution in [0, 0.1) is 10.1 Å². The minimum atomic E-state index is -3.84. The molecule has 0 heterocycles. The molecule has 0 aromatic heterocycles. The molecule has 0 unspecified atom stereocenters. The molecule has 0 saturated heterocycles. The molecule has 1 aliphatic rings. The van der Waals surface area contributed by atoms with Gasteiger partial charge >= 0.3 is 0 Å². The number of methoxy groups -OCH3 is 1. The Labute approximate surface area is 146 Å². The zero-order chi connectivity index (χ0) is 18.0. The molecule has 0 amide bonds. The number of nitro groups is 1. The molecule has 0 radical (unpaired) electrons. The lowest BCUT2D eigenvalue weighted by Crippen LogP contribution is -2.33. The van der Waals surface area contributed by atoms with Crippen LogP contribution < -0.4 is 4.74 Å². The first-order valence-electron chi connectivity index (χ1n) is 7.81. The molecule has 0 bridgehead atoms. The number of benzene rings is 2. The maximum atomic E-state index is 13.2. The molecule has 1 aliphatic carbocycles. The van der Waals surface area contributed by atoms with Crippen LogP contribution in [0.2, 0.25) is 0 Å². The Morgan fingerprint density at radius 1 is 1.20 bits per heavy atom. The summed E-state index contributed by atoms with van der Waals surface area (Å²) in [6, 6.07) is 12.9. The van der Waals surface area contributed by atoms with Gasteiger partial charge < -0.3 is 4.74 Å². The second-order valence-electron chi connectivity index (χ2n) is 5.86. The highest BCUT2D eigenvalue weighted by atomic mass is 32.2. The van der Waals surface area contributed by atoms with Gasteiger partial charge in [-0.25, -0.2) is 8.42 Å². The maximum Gasteiger partial charge on any atom is 0.273 e. The Balaban J connectivity index is 1.99. The van der Waals surface area contributed by atoms with E-state index in [1.54, 1.807) is 0 Å². The maximum absolute atomic E-state index is 13.2. The topological polar surface area (TPSA) is 89.7 Å². The number of nitro benzene ring substituents is 1. The molecule has 7 nitrogen and oxygen atoms in total. The van der Waals surface area contributed by atoms with Gasteiger partial charge in [0.15, 0.2) is 0 Å². The van der Waals surface area contributed by atoms with Crippen molar-refractivity contribution in [2.45, 2.75) is 30.3 Å². The molecule has 2 aromatic rings. The van der Waals surface area contributed by atoms with E-state index in [4.69, 9.17) is 4.74 Å². The van der Waals surface area contributed by atoms with E-state index in [2.05, 4.69) is 0 Å². The number of hydrogen-bond acceptors (Lipinski definition) is 5. The Morgan fingerprint density at radius 2 is 1.88 bits per heavy atom. The van der Waals surface area contributed by atoms with Crippen LogP contribution in [0.4, 0.5) is 5.69 Å². The number of hydrogen-bond donors (Lipinski definition) is 0. The quantitative estimate of drug-likeness (QED) is 0.558. The van der Waals surface area contributed by atoms with E-state index >= 15 is 0 Å². The zero-order valence-corrected chi connectivity index (χ0v) is 14.5. The second kappa shape index (κ2) is 6.81. The molecule has 0 atom stereocenters. The zero-order valence-electron chi connectivity index (χ0n) is 13.7. The van der Waals surface area contributed by atoms with Gasteiger partial charge in [-0.1, -0.05) is 30.3 Å². The van der Waals surface area contributed by atoms with Crippen LogP contribution in [-0.4, -0.2) is 30.8 Å². The number of sulfonamides is 1. The Morgan fingerprint density at radius 3 is 2.44 bits per heavy atom. The van der Waals surface area contributed by atoms with Gasteiger partial charge in [0.1, 0.15) is 10.6 Å². The summed E-state index contributed by atoms with van der Waals surface area (Å²) >= 11 is 0. The SMILES string of the molecule is COc1cc([N+](=O)[O-])ccc1S(=O)(=O)N(Cc1ccccc1)C1CC1. The number of nitrogens with zero attached hydrogens (tertiary/aromatic N) is 2. The van der Waals surface area contributed by atoms with E-state index in [-0.39, 0.29) is 28.9 Å². The number of rotatable bonds is 7. The minimum Gasteiger partial charge on any atom is -0.495 e. The van der Waals surface area contributed by atoms with Crippen LogP contribution in [0.25, 0.3) is 0 Å². The Hall–Kier alpha value is -2.45. The van der Waals surface area contributed by atoms with Crippen molar-refractivity contribution >= 4 is 15.7 Å². The van der Waals surface area contributed by atoms with Crippen molar-refractivity contribution in [3.63, 3.8) is 0 Å². The normalized spacial score (nSPS) is 14.5. The molecule has 132 valence electrons. The summed E-state index contributed by atoms with van der Waals surface area (Å²) in [5, 5.41) is 10.9. The lowest BCUT2D eigenvalue weighted by atomic mass is 10.2. The van der Waals surface area contributed by atoms with Crippen LogP contribution in [0.5, 0.6) is 5.75 Å². The summed E-state index contributed by atoms with van der Waals surface area (Å²) in [4.78, 5) is 10.3. The summed E-state index contributed by atoms with van der Waals surface area (Å²) in [6.45, 7) is 0.258. The van der Waals surface area contributed by atoms with Crippen molar-refractivity contribution in [3.8, 4) is 5.75 Å². The van der Waals surface area contributed by atoms with Gasteiger partial charge in [0, 0.05) is 18.7 Å². The molecular formula is C17H18N2O5S. The summed E-state index contributed by atoms with van der Waals surface area (Å²) in [6.07, 6.45) is 1.61. The summed E-state index contributed by atoms with van der Waals surface area (Å²) in [7, 11) is -2.53. The average Bonchev–Trinajstić information content (AvgIpc) is 3.44. The molecule has 3 rings (SSSR count).